The van der Waals surface area contributed by atoms with Crippen molar-refractivity contribution >= 4 is 121 Å². The van der Waals surface area contributed by atoms with Crippen LogP contribution >= 0.6 is 81.2 Å². The Bertz CT molecular complexity index is 5250. The summed E-state index contributed by atoms with van der Waals surface area (Å²) in [7, 11) is 0. The summed E-state index contributed by atoms with van der Waals surface area (Å²) in [6.07, 6.45) is 4.94. The van der Waals surface area contributed by atoms with Crippen LogP contribution in [0.15, 0.2) is 127 Å². The van der Waals surface area contributed by atoms with Crippen LogP contribution in [0.25, 0.3) is 33.9 Å². The van der Waals surface area contributed by atoms with Crippen molar-refractivity contribution < 1.29 is 33.2 Å². The number of hydrogen-bond acceptors (Lipinski definition) is 14. The highest BCUT2D eigenvalue weighted by Crippen LogP contribution is 2.60. The van der Waals surface area contributed by atoms with Gasteiger partial charge in [-0.25, -0.2) is 33.9 Å². The summed E-state index contributed by atoms with van der Waals surface area (Å²) in [6, 6.07) is 43.2. The van der Waals surface area contributed by atoms with E-state index in [1.165, 1.54) is 0 Å². The summed E-state index contributed by atoms with van der Waals surface area (Å²) in [5.41, 5.74) is 3.76. The van der Waals surface area contributed by atoms with E-state index in [0.29, 0.717) is 160 Å². The normalized spacial score (nSPS) is 24.7. The second-order valence-corrected chi connectivity index (χ2v) is 50.8. The molecule has 7 aromatic rings. The van der Waals surface area contributed by atoms with Crippen LogP contribution in [-0.2, 0) is 0 Å². The molecule has 792 valence electrons. The average molecular weight is 2130 g/mol. The predicted octanol–water partition coefficient (Wildman–Crippen LogP) is 33.0. The van der Waals surface area contributed by atoms with Crippen LogP contribution in [-0.4, -0.2) is 127 Å². The molecule has 7 saturated carbocycles. The monoisotopic (exact) mass is 2130 g/mol. The van der Waals surface area contributed by atoms with Crippen LogP contribution in [0.3, 0.4) is 0 Å². The van der Waals surface area contributed by atoms with Crippen molar-refractivity contribution in [3.63, 3.8) is 0 Å². The summed E-state index contributed by atoms with van der Waals surface area (Å²) in [6.45, 7) is 124. The van der Waals surface area contributed by atoms with E-state index in [0.717, 1.165) is 65.9 Å². The van der Waals surface area contributed by atoms with Gasteiger partial charge in [-0.15, -0.1) is 0 Å². The first kappa shape index (κ1) is 123. The third-order valence-electron chi connectivity index (χ3n) is 30.0. The quantitative estimate of drug-likeness (QED) is 0.0230. The molecule has 21 nitrogen and oxygen atoms in total. The lowest BCUT2D eigenvalue weighted by molar-refractivity contribution is -0.170. The van der Waals surface area contributed by atoms with Gasteiger partial charge in [-0.1, -0.05) is 359 Å². The van der Waals surface area contributed by atoms with Gasteiger partial charge in [-0.3, -0.25) is 0 Å². The van der Waals surface area contributed by atoms with Crippen molar-refractivity contribution in [2.75, 3.05) is 0 Å². The summed E-state index contributed by atoms with van der Waals surface area (Å²) >= 11 is 42.5. The van der Waals surface area contributed by atoms with Crippen molar-refractivity contribution in [2.45, 2.75) is 388 Å². The van der Waals surface area contributed by atoms with Crippen molar-refractivity contribution in [3.05, 3.63) is 242 Å². The molecule has 0 spiro atoms. The maximum absolute atomic E-state index is 7.05. The SMILES string of the molecule is [C-]#[N+]c1ccc(OC2C(C)(C)C(NC(C)C)C2(C)C)cc1Cl.[C-]#[N+]c1ccc(OC2C(C)(C)C(NC(C)C)C2(C)C)cc1Cl.[C-]#[N+]c1ccc(OC2C(C)(C)C(NC(C)C)C2(C)C)cc1Cl.[C-]#[N+]c1ccc(O[C@@H]2C[C@@H](NC(C)C)C2(C)C)cc1Cl.[C-]#[N+]c1ccc(O[C@@H]2C[C@H](NC(C)C)C2(C)C)cc1Cl.[C-]#[N+]c1ccc(O[C@H]2C[C@@H](NC(C)C)C2(C)C)cc1Cl.[C-]#[N+]c1ccc(O[C@H]2C[C@H](NC(C)C)C2(C)C)cc1Cl. The smallest absolute Gasteiger partial charge is 0.205 e. The van der Waals surface area contributed by atoms with Crippen LogP contribution in [0.1, 0.15) is 261 Å². The van der Waals surface area contributed by atoms with E-state index in [1.54, 1.807) is 84.9 Å². The molecule has 0 bridgehead atoms. The predicted molar refractivity (Wildman–Crippen MR) is 606 cm³/mol. The highest BCUT2D eigenvalue weighted by molar-refractivity contribution is 6.35. The first-order chi connectivity index (χ1) is 67.7. The zero-order valence-corrected chi connectivity index (χ0v) is 97.5. The largest absolute Gasteiger partial charge is 0.490 e. The third kappa shape index (κ3) is 29.4. The van der Waals surface area contributed by atoms with E-state index in [4.69, 9.17) is 160 Å². The fourth-order valence-corrected chi connectivity index (χ4v) is 23.8. The molecule has 8 atom stereocenters. The molecule has 14 rings (SSSR count). The zero-order valence-electron chi connectivity index (χ0n) is 92.2. The maximum Gasteiger partial charge on any atom is 0.205 e. The molecule has 0 saturated heterocycles. The van der Waals surface area contributed by atoms with Gasteiger partial charge < -0.3 is 70.4 Å². The Hall–Kier alpha value is -8.68. The van der Waals surface area contributed by atoms with Gasteiger partial charge >= 0.3 is 0 Å². The minimum absolute atomic E-state index is 0.0265. The Kier molecular flexibility index (Phi) is 42.0. The number of hydrogen-bond donors (Lipinski definition) is 7. The molecule has 7 aromatic carbocycles. The number of halogens is 7. The van der Waals surface area contributed by atoms with Gasteiger partial charge in [0, 0.05) is 164 Å². The molecule has 7 aliphatic rings. The first-order valence-electron chi connectivity index (χ1n) is 50.9. The van der Waals surface area contributed by atoms with Gasteiger partial charge in [0.25, 0.3) is 0 Å². The van der Waals surface area contributed by atoms with Crippen LogP contribution in [0.4, 0.5) is 39.8 Å². The molecular formula is C118H159Cl7N14O7. The van der Waals surface area contributed by atoms with Gasteiger partial charge in [0.15, 0.2) is 0 Å². The Morgan fingerprint density at radius 3 is 0.452 bits per heavy atom. The molecule has 7 aliphatic carbocycles. The number of nitrogens with zero attached hydrogens (tertiary/aromatic N) is 7. The van der Waals surface area contributed by atoms with Crippen LogP contribution in [0.5, 0.6) is 40.2 Å². The minimum atomic E-state index is 0.0265. The highest BCUT2D eigenvalue weighted by atomic mass is 35.5. The van der Waals surface area contributed by atoms with Gasteiger partial charge in [0.05, 0.1) is 81.2 Å². The molecule has 0 aliphatic heterocycles. The van der Waals surface area contributed by atoms with Crippen molar-refractivity contribution in [2.24, 2.45) is 54.1 Å². The Morgan fingerprint density at radius 2 is 0.342 bits per heavy atom. The fraction of sp³-hybridized carbons (Fsp3) is 0.585. The van der Waals surface area contributed by atoms with Crippen molar-refractivity contribution in [3.8, 4) is 40.2 Å². The molecule has 0 radical (unpaired) electrons. The lowest BCUT2D eigenvalue weighted by Crippen LogP contribution is -2.74. The summed E-state index contributed by atoms with van der Waals surface area (Å²) in [4.78, 5) is 23.5. The van der Waals surface area contributed by atoms with Gasteiger partial charge in [-0.05, 0) is 84.9 Å². The first-order valence-corrected chi connectivity index (χ1v) is 53.5. The lowest BCUT2D eigenvalue weighted by Gasteiger charge is -2.63. The molecule has 0 aromatic heterocycles. The maximum atomic E-state index is 7.05. The molecule has 0 unspecified atom stereocenters. The molecule has 7 N–H and O–H groups in total. The molecule has 146 heavy (non-hydrogen) atoms. The minimum Gasteiger partial charge on any atom is -0.490 e. The van der Waals surface area contributed by atoms with E-state index in [1.807, 2.05) is 42.5 Å². The Balaban J connectivity index is 0.000000208. The lowest BCUT2D eigenvalue weighted by atomic mass is 9.49. The number of ether oxygens (including phenoxy) is 7. The topological polar surface area (TPSA) is 179 Å². The van der Waals surface area contributed by atoms with Gasteiger partial charge in [0.1, 0.15) is 83.0 Å². The summed E-state index contributed by atoms with van der Waals surface area (Å²) in [5, 5.41) is 28.4. The summed E-state index contributed by atoms with van der Waals surface area (Å²) < 4.78 is 42.9. The highest BCUT2D eigenvalue weighted by Gasteiger charge is 2.66. The van der Waals surface area contributed by atoms with Crippen LogP contribution in [0, 0.1) is 100 Å². The van der Waals surface area contributed by atoms with E-state index >= 15 is 0 Å². The van der Waals surface area contributed by atoms with Crippen molar-refractivity contribution in [1.29, 1.82) is 0 Å². The van der Waals surface area contributed by atoms with Gasteiger partial charge in [-0.2, -0.15) is 0 Å². The van der Waals surface area contributed by atoms with Gasteiger partial charge in [0.2, 0.25) is 39.8 Å². The van der Waals surface area contributed by atoms with Crippen molar-refractivity contribution in [1.82, 2.24) is 37.2 Å². The molecular weight excluding hydrogens is 1970 g/mol. The molecule has 28 heteroatoms. The Morgan fingerprint density at radius 1 is 0.212 bits per heavy atom. The molecule has 0 amide bonds. The van der Waals surface area contributed by atoms with Crippen LogP contribution in [0.2, 0.25) is 35.2 Å². The van der Waals surface area contributed by atoms with E-state index in [2.05, 4.69) is 307 Å². The average Bonchev–Trinajstić information content (AvgIpc) is 0.710. The van der Waals surface area contributed by atoms with E-state index < -0.39 is 0 Å². The zero-order chi connectivity index (χ0) is 110. The number of rotatable bonds is 28. The summed E-state index contributed by atoms with van der Waals surface area (Å²) in [5.74, 6) is 5.14. The van der Waals surface area contributed by atoms with E-state index in [9.17, 15) is 0 Å². The number of nitrogens with one attached hydrogen (secondary N) is 7. The third-order valence-corrected chi connectivity index (χ3v) is 32.1. The number of benzene rings is 7. The Labute approximate surface area is 909 Å². The second-order valence-electron chi connectivity index (χ2n) is 47.9. The molecule has 0 heterocycles. The van der Waals surface area contributed by atoms with Crippen LogP contribution < -0.4 is 70.4 Å². The second kappa shape index (κ2) is 50.1. The molecule has 7 fully saturated rings. The van der Waals surface area contributed by atoms with E-state index in [-0.39, 0.29) is 96.9 Å². The standard InChI is InChI=1S/3C18H25ClN2O.4C16H21ClN2O/c3*1-11(2)21-15-17(3,4)16(18(15,5)6)22-12-8-9-14(20-7)13(19)10-12;4*1-10(2)19-14-9-15(16(14,3)4)20-11-6-7-13(18-5)12(17)8-11/h3*8-11,15-16,21H,1-6H3;4*6-8,10,14-15,19H,9H2,1-4H3/t;;;2*14-,15+;2*14-,15-/m...1010/s1. The fourth-order valence-electron chi connectivity index (χ4n) is 22.3.